The lowest BCUT2D eigenvalue weighted by atomic mass is 9.83. The van der Waals surface area contributed by atoms with E-state index >= 15 is 0 Å². The third-order valence-corrected chi connectivity index (χ3v) is 6.66. The average Bonchev–Trinajstić information content (AvgIpc) is 2.73. The molecule has 0 unspecified atom stereocenters. The van der Waals surface area contributed by atoms with Crippen LogP contribution in [-0.4, -0.2) is 4.98 Å². The Kier molecular flexibility index (Phi) is 4.62. The number of aryl methyl sites for hydroxylation is 3. The zero-order valence-corrected chi connectivity index (χ0v) is 17.8. The molecule has 1 aliphatic rings. The number of nitrogens with zero attached hydrogens (tertiary/aromatic N) is 1. The van der Waals surface area contributed by atoms with Crippen LogP contribution in [0.25, 0.3) is 32.8 Å². The normalized spacial score (nSPS) is 15.3. The van der Waals surface area contributed by atoms with Gasteiger partial charge in [-0.25, -0.2) is 0 Å². The number of benzene rings is 3. The summed E-state index contributed by atoms with van der Waals surface area (Å²) in [6.45, 7) is 6.51. The smallest absolute Gasteiger partial charge is 0.0786 e. The molecule has 1 aliphatic carbocycles. The Labute approximate surface area is 173 Å². The average molecular weight is 380 g/mol. The van der Waals surface area contributed by atoms with Crippen molar-refractivity contribution in [1.29, 1.82) is 0 Å². The van der Waals surface area contributed by atoms with E-state index in [0.717, 1.165) is 11.6 Å². The number of hydrogen-bond acceptors (Lipinski definition) is 1. The van der Waals surface area contributed by atoms with Crippen LogP contribution in [0.2, 0.25) is 0 Å². The zero-order chi connectivity index (χ0) is 20.0. The molecule has 1 nitrogen and oxygen atoms in total. The van der Waals surface area contributed by atoms with Crippen LogP contribution in [0.4, 0.5) is 0 Å². The summed E-state index contributed by atoms with van der Waals surface area (Å²) in [6, 6.07) is 18.5. The number of aromatic nitrogens is 1. The summed E-state index contributed by atoms with van der Waals surface area (Å²) in [5, 5.41) is 5.28. The number of pyridine rings is 1. The lowest BCUT2D eigenvalue weighted by Crippen LogP contribution is -2.04. The van der Waals surface area contributed by atoms with Crippen LogP contribution in [-0.2, 0) is 0 Å². The molecule has 0 saturated heterocycles. The molecule has 1 heteroatoms. The predicted octanol–water partition coefficient (Wildman–Crippen LogP) is 8.03. The van der Waals surface area contributed by atoms with Crippen molar-refractivity contribution < 1.29 is 0 Å². The highest BCUT2D eigenvalue weighted by atomic mass is 14.7. The first kappa shape index (κ1) is 18.4. The van der Waals surface area contributed by atoms with Gasteiger partial charge in [0.2, 0.25) is 0 Å². The molecule has 0 aliphatic heterocycles. The van der Waals surface area contributed by atoms with Crippen molar-refractivity contribution in [2.75, 3.05) is 0 Å². The van der Waals surface area contributed by atoms with Crippen LogP contribution < -0.4 is 0 Å². The van der Waals surface area contributed by atoms with Crippen molar-refractivity contribution in [1.82, 2.24) is 4.98 Å². The molecule has 1 heterocycles. The molecule has 29 heavy (non-hydrogen) atoms. The first-order chi connectivity index (χ1) is 14.1. The Bertz CT molecular complexity index is 1190. The standard InChI is InChI=1S/C28H29N/c1-18-13-19(2)15-24(14-18)28-27-25(20(3)17-29-28)11-10-23-16-22(9-12-26(23)27)21-7-5-4-6-8-21/h9-17,21H,4-8H2,1-3H3. The summed E-state index contributed by atoms with van der Waals surface area (Å²) in [6.07, 6.45) is 8.86. The van der Waals surface area contributed by atoms with Gasteiger partial charge in [0.15, 0.2) is 0 Å². The van der Waals surface area contributed by atoms with E-state index in [0.29, 0.717) is 0 Å². The molecule has 1 aromatic heterocycles. The lowest BCUT2D eigenvalue weighted by Gasteiger charge is -2.22. The fourth-order valence-electron chi connectivity index (χ4n) is 5.25. The Balaban J connectivity index is 1.75. The maximum Gasteiger partial charge on any atom is 0.0786 e. The number of rotatable bonds is 2. The molecule has 5 rings (SSSR count). The molecule has 146 valence electrons. The van der Waals surface area contributed by atoms with Crippen LogP contribution in [0.3, 0.4) is 0 Å². The van der Waals surface area contributed by atoms with Crippen LogP contribution in [0.15, 0.2) is 54.7 Å². The summed E-state index contributed by atoms with van der Waals surface area (Å²) in [7, 11) is 0. The minimum atomic E-state index is 0.735. The molecule has 0 spiro atoms. The Hall–Kier alpha value is -2.67. The number of hydrogen-bond donors (Lipinski definition) is 0. The monoisotopic (exact) mass is 379 g/mol. The molecule has 1 fully saturated rings. The van der Waals surface area contributed by atoms with E-state index in [1.165, 1.54) is 81.5 Å². The first-order valence-electron chi connectivity index (χ1n) is 11.0. The highest BCUT2D eigenvalue weighted by Gasteiger charge is 2.17. The second-order valence-corrected chi connectivity index (χ2v) is 8.97. The topological polar surface area (TPSA) is 12.9 Å². The third kappa shape index (κ3) is 3.33. The molecule has 0 N–H and O–H groups in total. The van der Waals surface area contributed by atoms with Gasteiger partial charge < -0.3 is 0 Å². The minimum Gasteiger partial charge on any atom is -0.255 e. The second-order valence-electron chi connectivity index (χ2n) is 8.97. The predicted molar refractivity (Wildman–Crippen MR) is 125 cm³/mol. The van der Waals surface area contributed by atoms with Gasteiger partial charge in [0, 0.05) is 17.1 Å². The van der Waals surface area contributed by atoms with E-state index in [2.05, 4.69) is 69.3 Å². The van der Waals surface area contributed by atoms with Gasteiger partial charge >= 0.3 is 0 Å². The molecule has 0 atom stereocenters. The number of fused-ring (bicyclic) bond motifs is 3. The Morgan fingerprint density at radius 3 is 2.24 bits per heavy atom. The van der Waals surface area contributed by atoms with Crippen LogP contribution in [0.1, 0.15) is 60.3 Å². The minimum absolute atomic E-state index is 0.735. The zero-order valence-electron chi connectivity index (χ0n) is 17.8. The van der Waals surface area contributed by atoms with Gasteiger partial charge in [-0.2, -0.15) is 0 Å². The van der Waals surface area contributed by atoms with Crippen LogP contribution in [0.5, 0.6) is 0 Å². The first-order valence-corrected chi connectivity index (χ1v) is 11.0. The fourth-order valence-corrected chi connectivity index (χ4v) is 5.25. The summed E-state index contributed by atoms with van der Waals surface area (Å²) < 4.78 is 0. The second kappa shape index (κ2) is 7.30. The van der Waals surface area contributed by atoms with E-state index in [4.69, 9.17) is 4.98 Å². The highest BCUT2D eigenvalue weighted by molar-refractivity contribution is 6.14. The van der Waals surface area contributed by atoms with Gasteiger partial charge in [-0.3, -0.25) is 4.98 Å². The Morgan fingerprint density at radius 2 is 1.48 bits per heavy atom. The van der Waals surface area contributed by atoms with Gasteiger partial charge in [-0.15, -0.1) is 0 Å². The van der Waals surface area contributed by atoms with E-state index < -0.39 is 0 Å². The van der Waals surface area contributed by atoms with Crippen molar-refractivity contribution in [2.45, 2.75) is 58.8 Å². The van der Waals surface area contributed by atoms with E-state index in [1.807, 2.05) is 6.20 Å². The van der Waals surface area contributed by atoms with E-state index in [1.54, 1.807) is 0 Å². The quantitative estimate of drug-likeness (QED) is 0.321. The fraction of sp³-hybridized carbons (Fsp3) is 0.321. The SMILES string of the molecule is Cc1cc(C)cc(-c2ncc(C)c3ccc4cc(C5CCCCC5)ccc4c23)c1. The van der Waals surface area contributed by atoms with Crippen molar-refractivity contribution in [2.24, 2.45) is 0 Å². The molecule has 4 aromatic rings. The van der Waals surface area contributed by atoms with Crippen molar-refractivity contribution in [3.05, 3.63) is 77.0 Å². The molecular formula is C28H29N. The summed E-state index contributed by atoms with van der Waals surface area (Å²) in [5.41, 5.74) is 7.66. The Morgan fingerprint density at radius 1 is 0.759 bits per heavy atom. The molecule has 0 bridgehead atoms. The summed E-state index contributed by atoms with van der Waals surface area (Å²) in [5.74, 6) is 0.735. The van der Waals surface area contributed by atoms with Gasteiger partial charge in [0.05, 0.1) is 5.69 Å². The van der Waals surface area contributed by atoms with Gasteiger partial charge in [-0.05, 0) is 78.9 Å². The van der Waals surface area contributed by atoms with Gasteiger partial charge in [0.1, 0.15) is 0 Å². The maximum absolute atomic E-state index is 4.92. The van der Waals surface area contributed by atoms with Crippen LogP contribution >= 0.6 is 0 Å². The lowest BCUT2D eigenvalue weighted by molar-refractivity contribution is 0.444. The van der Waals surface area contributed by atoms with Crippen molar-refractivity contribution in [3.8, 4) is 11.3 Å². The highest BCUT2D eigenvalue weighted by Crippen LogP contribution is 2.38. The summed E-state index contributed by atoms with van der Waals surface area (Å²) >= 11 is 0. The largest absolute Gasteiger partial charge is 0.255 e. The van der Waals surface area contributed by atoms with Crippen molar-refractivity contribution in [3.63, 3.8) is 0 Å². The molecular weight excluding hydrogens is 350 g/mol. The van der Waals surface area contributed by atoms with Crippen molar-refractivity contribution >= 4 is 21.5 Å². The van der Waals surface area contributed by atoms with Gasteiger partial charge in [0.25, 0.3) is 0 Å². The maximum atomic E-state index is 4.92. The van der Waals surface area contributed by atoms with Crippen LogP contribution in [0, 0.1) is 20.8 Å². The summed E-state index contributed by atoms with van der Waals surface area (Å²) in [4.78, 5) is 4.92. The van der Waals surface area contributed by atoms with E-state index in [9.17, 15) is 0 Å². The third-order valence-electron chi connectivity index (χ3n) is 6.66. The molecule has 0 radical (unpaired) electrons. The molecule has 3 aromatic carbocycles. The van der Waals surface area contributed by atoms with E-state index in [-0.39, 0.29) is 0 Å². The molecule has 1 saturated carbocycles. The van der Waals surface area contributed by atoms with Gasteiger partial charge in [-0.1, -0.05) is 66.8 Å². The molecule has 0 amide bonds.